The molecule has 5 heteroatoms. The lowest BCUT2D eigenvalue weighted by atomic mass is 10.3. The third-order valence-electron chi connectivity index (χ3n) is 1.35. The highest BCUT2D eigenvalue weighted by Crippen LogP contribution is 2.12. The quantitative estimate of drug-likeness (QED) is 0.666. The van der Waals surface area contributed by atoms with Crippen molar-refractivity contribution in [1.29, 1.82) is 0 Å². The van der Waals surface area contributed by atoms with Crippen LogP contribution in [0.1, 0.15) is 10.5 Å². The number of amides is 1. The van der Waals surface area contributed by atoms with Crippen LogP contribution in [-0.2, 0) is 0 Å². The molecule has 70 valence electrons. The second-order valence-corrected chi connectivity index (χ2v) is 4.21. The fourth-order valence-electron chi connectivity index (χ4n) is 0.797. The Morgan fingerprint density at radius 1 is 1.69 bits per heavy atom. The van der Waals surface area contributed by atoms with Crippen LogP contribution in [0.3, 0.4) is 0 Å². The van der Waals surface area contributed by atoms with Gasteiger partial charge in [0.2, 0.25) is 0 Å². The first-order valence-corrected chi connectivity index (χ1v) is 6.02. The fraction of sp³-hybridized carbons (Fsp3) is 0.250. The third kappa shape index (κ3) is 3.22. The van der Waals surface area contributed by atoms with E-state index in [9.17, 15) is 4.79 Å². The second-order valence-electron chi connectivity index (χ2n) is 2.28. The molecule has 1 rings (SSSR count). The lowest BCUT2D eigenvalue weighted by Gasteiger charge is -2.03. The Bertz CT molecular complexity index is 306. The van der Waals surface area contributed by atoms with Crippen LogP contribution >= 0.6 is 38.5 Å². The van der Waals surface area contributed by atoms with E-state index in [1.807, 2.05) is 0 Å². The van der Waals surface area contributed by atoms with Gasteiger partial charge in [0.15, 0.2) is 0 Å². The van der Waals surface area contributed by atoms with Crippen molar-refractivity contribution in [2.24, 2.45) is 0 Å². The highest BCUT2D eigenvalue weighted by Gasteiger charge is 2.09. The summed E-state index contributed by atoms with van der Waals surface area (Å²) in [6.45, 7) is 0.669. The van der Waals surface area contributed by atoms with Crippen LogP contribution in [-0.4, -0.2) is 21.9 Å². The zero-order valence-electron chi connectivity index (χ0n) is 6.76. The zero-order valence-corrected chi connectivity index (χ0v) is 10.5. The Morgan fingerprint density at radius 2 is 2.46 bits per heavy atom. The highest BCUT2D eigenvalue weighted by atomic mass is 127. The van der Waals surface area contributed by atoms with Crippen LogP contribution in [0, 0.1) is 0 Å². The smallest absolute Gasteiger partial charge is 0.271 e. The Labute approximate surface area is 98.6 Å². The molecule has 0 saturated heterocycles. The molecule has 0 fully saturated rings. The van der Waals surface area contributed by atoms with Gasteiger partial charge >= 0.3 is 0 Å². The minimum atomic E-state index is -0.135. The third-order valence-corrected chi connectivity index (χ3v) is 2.53. The van der Waals surface area contributed by atoms with Crippen molar-refractivity contribution in [3.05, 3.63) is 28.5 Å². The average Bonchev–Trinajstić information content (AvgIpc) is 2.15. The average molecular weight is 355 g/mol. The molecule has 13 heavy (non-hydrogen) atoms. The van der Waals surface area contributed by atoms with E-state index in [1.165, 1.54) is 0 Å². The van der Waals surface area contributed by atoms with Crippen molar-refractivity contribution < 1.29 is 4.79 Å². The number of hydrogen-bond acceptors (Lipinski definition) is 2. The van der Waals surface area contributed by atoms with Gasteiger partial charge < -0.3 is 5.32 Å². The molecular weight excluding hydrogens is 347 g/mol. The minimum absolute atomic E-state index is 0.135. The van der Waals surface area contributed by atoms with E-state index in [0.29, 0.717) is 12.2 Å². The van der Waals surface area contributed by atoms with Gasteiger partial charge in [-0.05, 0) is 28.1 Å². The molecule has 0 spiro atoms. The van der Waals surface area contributed by atoms with Crippen LogP contribution in [0.4, 0.5) is 0 Å². The second kappa shape index (κ2) is 5.54. The molecule has 1 N–H and O–H groups in total. The molecule has 3 nitrogen and oxygen atoms in total. The number of rotatable bonds is 3. The summed E-state index contributed by atoms with van der Waals surface area (Å²) < 4.78 is 1.62. The largest absolute Gasteiger partial charge is 0.350 e. The van der Waals surface area contributed by atoms with Crippen molar-refractivity contribution in [3.8, 4) is 0 Å². The van der Waals surface area contributed by atoms with Crippen molar-refractivity contribution in [2.45, 2.75) is 0 Å². The first-order valence-electron chi connectivity index (χ1n) is 3.70. The molecule has 1 aromatic heterocycles. The van der Waals surface area contributed by atoms with Crippen LogP contribution in [0.2, 0.25) is 0 Å². The topological polar surface area (TPSA) is 42.0 Å². The maximum absolute atomic E-state index is 11.4. The molecule has 0 aromatic carbocycles. The van der Waals surface area contributed by atoms with Gasteiger partial charge in [0.05, 0.1) is 0 Å². The Hall–Kier alpha value is -0.170. The predicted molar refractivity (Wildman–Crippen MR) is 63.2 cm³/mol. The summed E-state index contributed by atoms with van der Waals surface area (Å²) in [5.41, 5.74) is 0.437. The molecule has 0 atom stereocenters. The predicted octanol–water partition coefficient (Wildman–Crippen LogP) is 2.01. The number of pyridine rings is 1. The van der Waals surface area contributed by atoms with E-state index in [-0.39, 0.29) is 5.91 Å². The van der Waals surface area contributed by atoms with Crippen LogP contribution < -0.4 is 5.32 Å². The van der Waals surface area contributed by atoms with Gasteiger partial charge in [-0.1, -0.05) is 22.6 Å². The molecule has 0 bridgehead atoms. The molecule has 1 heterocycles. The zero-order chi connectivity index (χ0) is 9.68. The molecule has 0 radical (unpaired) electrons. The van der Waals surface area contributed by atoms with E-state index in [2.05, 4.69) is 48.8 Å². The van der Waals surface area contributed by atoms with Crippen LogP contribution in [0.15, 0.2) is 22.8 Å². The van der Waals surface area contributed by atoms with Gasteiger partial charge in [-0.2, -0.15) is 0 Å². The first kappa shape index (κ1) is 10.9. The molecule has 1 amide bonds. The molecule has 1 aromatic rings. The Balaban J connectivity index is 2.71. The normalized spacial score (nSPS) is 9.69. The summed E-state index contributed by atoms with van der Waals surface area (Å²) in [6.07, 6.45) is 1.60. The number of nitrogens with one attached hydrogen (secondary N) is 1. The van der Waals surface area contributed by atoms with Crippen molar-refractivity contribution in [2.75, 3.05) is 11.0 Å². The molecular formula is C8H8BrIN2O. The number of halogens is 2. The Morgan fingerprint density at radius 3 is 3.08 bits per heavy atom. The van der Waals surface area contributed by atoms with Gasteiger partial charge in [-0.15, -0.1) is 0 Å². The molecule has 0 aliphatic rings. The van der Waals surface area contributed by atoms with Crippen LogP contribution in [0.25, 0.3) is 0 Å². The minimum Gasteiger partial charge on any atom is -0.350 e. The number of alkyl halides is 1. The summed E-state index contributed by atoms with van der Waals surface area (Å²) in [5.74, 6) is -0.135. The number of carbonyl (C=O) groups excluding carboxylic acids is 1. The van der Waals surface area contributed by atoms with E-state index >= 15 is 0 Å². The van der Waals surface area contributed by atoms with Crippen molar-refractivity contribution in [3.63, 3.8) is 0 Å². The van der Waals surface area contributed by atoms with Gasteiger partial charge in [0.1, 0.15) is 5.69 Å². The van der Waals surface area contributed by atoms with Gasteiger partial charge in [0.25, 0.3) is 5.91 Å². The van der Waals surface area contributed by atoms with Gasteiger partial charge in [-0.3, -0.25) is 4.79 Å². The highest BCUT2D eigenvalue weighted by molar-refractivity contribution is 14.1. The summed E-state index contributed by atoms with van der Waals surface area (Å²) in [4.78, 5) is 15.4. The number of nitrogens with zero attached hydrogens (tertiary/aromatic N) is 1. The summed E-state index contributed by atoms with van der Waals surface area (Å²) in [6, 6.07) is 3.57. The lowest BCUT2D eigenvalue weighted by molar-refractivity contribution is 0.0950. The summed E-state index contributed by atoms with van der Waals surface area (Å²) in [7, 11) is 0. The van der Waals surface area contributed by atoms with E-state index in [4.69, 9.17) is 0 Å². The Kier molecular flexibility index (Phi) is 4.65. The summed E-state index contributed by atoms with van der Waals surface area (Å²) >= 11 is 5.47. The van der Waals surface area contributed by atoms with E-state index < -0.39 is 0 Å². The van der Waals surface area contributed by atoms with Crippen molar-refractivity contribution in [1.82, 2.24) is 10.3 Å². The molecule has 0 saturated carbocycles. The maximum Gasteiger partial charge on any atom is 0.271 e. The fourth-order valence-corrected chi connectivity index (χ4v) is 1.50. The molecule has 0 unspecified atom stereocenters. The molecule has 0 aliphatic carbocycles. The van der Waals surface area contributed by atoms with E-state index in [1.54, 1.807) is 18.3 Å². The maximum atomic E-state index is 11.4. The number of carbonyl (C=O) groups is 1. The van der Waals surface area contributed by atoms with Gasteiger partial charge in [0, 0.05) is 21.6 Å². The molecule has 0 aliphatic heterocycles. The van der Waals surface area contributed by atoms with Crippen LogP contribution in [0.5, 0.6) is 0 Å². The number of hydrogen-bond donors (Lipinski definition) is 1. The SMILES string of the molecule is O=C(NCCI)c1ncccc1Br. The van der Waals surface area contributed by atoms with E-state index in [0.717, 1.165) is 8.90 Å². The van der Waals surface area contributed by atoms with Crippen molar-refractivity contribution >= 4 is 44.4 Å². The lowest BCUT2D eigenvalue weighted by Crippen LogP contribution is -2.26. The van der Waals surface area contributed by atoms with Gasteiger partial charge in [-0.25, -0.2) is 4.98 Å². The standard InChI is InChI=1S/C8H8BrIN2O/c9-6-2-1-4-11-7(6)8(13)12-5-3-10/h1-2,4H,3,5H2,(H,12,13). The number of aromatic nitrogens is 1. The monoisotopic (exact) mass is 354 g/mol. The first-order chi connectivity index (χ1) is 6.25. The summed E-state index contributed by atoms with van der Waals surface area (Å²) in [5, 5.41) is 2.75.